The molecule has 0 spiro atoms. The van der Waals surface area contributed by atoms with Crippen molar-refractivity contribution in [3.8, 4) is 11.1 Å². The largest absolute Gasteiger partial charge is 0.372 e. The first kappa shape index (κ1) is 17.6. The van der Waals surface area contributed by atoms with Gasteiger partial charge in [0.1, 0.15) is 16.5 Å². The maximum Gasteiger partial charge on any atom is 0.225 e. The van der Waals surface area contributed by atoms with Crippen molar-refractivity contribution in [1.29, 1.82) is 0 Å². The van der Waals surface area contributed by atoms with E-state index in [1.54, 1.807) is 23.5 Å². The molecule has 1 aliphatic heterocycles. The lowest BCUT2D eigenvalue weighted by atomic mass is 10.0. The molecule has 26 heavy (non-hydrogen) atoms. The van der Waals surface area contributed by atoms with Crippen LogP contribution in [0.25, 0.3) is 21.3 Å². The maximum absolute atomic E-state index is 13.4. The second kappa shape index (κ2) is 6.76. The van der Waals surface area contributed by atoms with E-state index in [0.717, 1.165) is 45.1 Å². The Morgan fingerprint density at radius 1 is 1.15 bits per heavy atom. The number of anilines is 1. The number of aryl methyl sites for hydroxylation is 1. The molecule has 0 N–H and O–H groups in total. The molecule has 0 amide bonds. The van der Waals surface area contributed by atoms with Gasteiger partial charge in [-0.1, -0.05) is 12.1 Å². The molecule has 1 aliphatic rings. The Balaban J connectivity index is 1.93. The summed E-state index contributed by atoms with van der Waals surface area (Å²) in [6.07, 6.45) is 0.216. The van der Waals surface area contributed by atoms with Crippen LogP contribution in [0.4, 0.5) is 10.2 Å². The summed E-state index contributed by atoms with van der Waals surface area (Å²) in [6.45, 7) is 7.65. The first-order chi connectivity index (χ1) is 12.4. The zero-order valence-corrected chi connectivity index (χ0v) is 16.4. The SMILES string of the molecule is Cc1sc2nc(Cl)nc(N3CC(C)OC(C)C3)c2c1-c1ccc(F)cc1. The summed E-state index contributed by atoms with van der Waals surface area (Å²) < 4.78 is 19.2. The standard InChI is InChI=1S/C19H19ClFN3OS/c1-10-8-24(9-11(2)25-10)17-16-15(13-4-6-14(21)7-5-13)12(3)26-18(16)23-19(20)22-17/h4-7,10-11H,8-9H2,1-3H3. The fourth-order valence-corrected chi connectivity index (χ4v) is 4.87. The highest BCUT2D eigenvalue weighted by molar-refractivity contribution is 7.19. The number of halogens is 2. The molecule has 2 aromatic heterocycles. The summed E-state index contributed by atoms with van der Waals surface area (Å²) in [5.41, 5.74) is 2.00. The van der Waals surface area contributed by atoms with Crippen molar-refractivity contribution in [2.45, 2.75) is 33.0 Å². The molecule has 0 bridgehead atoms. The molecule has 1 saturated heterocycles. The summed E-state index contributed by atoms with van der Waals surface area (Å²) in [6, 6.07) is 6.56. The number of fused-ring (bicyclic) bond motifs is 1. The van der Waals surface area contributed by atoms with Gasteiger partial charge in [0.2, 0.25) is 5.28 Å². The predicted octanol–water partition coefficient (Wildman–Crippen LogP) is 5.07. The molecule has 0 radical (unpaired) electrons. The minimum atomic E-state index is -0.249. The van der Waals surface area contributed by atoms with Crippen LogP contribution in [0, 0.1) is 12.7 Å². The van der Waals surface area contributed by atoms with Crippen molar-refractivity contribution < 1.29 is 9.13 Å². The number of nitrogens with zero attached hydrogens (tertiary/aromatic N) is 3. The molecule has 4 rings (SSSR count). The summed E-state index contributed by atoms with van der Waals surface area (Å²) in [4.78, 5) is 13.2. The lowest BCUT2D eigenvalue weighted by Crippen LogP contribution is -2.46. The van der Waals surface area contributed by atoms with Crippen molar-refractivity contribution in [1.82, 2.24) is 9.97 Å². The number of thiophene rings is 1. The van der Waals surface area contributed by atoms with Gasteiger partial charge in [-0.05, 0) is 50.1 Å². The van der Waals surface area contributed by atoms with Gasteiger partial charge >= 0.3 is 0 Å². The number of benzene rings is 1. The van der Waals surface area contributed by atoms with Crippen LogP contribution in [-0.2, 0) is 4.74 Å². The van der Waals surface area contributed by atoms with Crippen molar-refractivity contribution in [3.05, 3.63) is 40.2 Å². The predicted molar refractivity (Wildman–Crippen MR) is 105 cm³/mol. The number of ether oxygens (including phenoxy) is 1. The highest BCUT2D eigenvalue weighted by Gasteiger charge is 2.27. The smallest absolute Gasteiger partial charge is 0.225 e. The molecule has 3 heterocycles. The van der Waals surface area contributed by atoms with Gasteiger partial charge in [0.25, 0.3) is 0 Å². The molecule has 136 valence electrons. The summed E-state index contributed by atoms with van der Waals surface area (Å²) in [5, 5.41) is 1.22. The van der Waals surface area contributed by atoms with Gasteiger partial charge in [0.05, 0.1) is 17.6 Å². The van der Waals surface area contributed by atoms with Crippen LogP contribution in [0.2, 0.25) is 5.28 Å². The van der Waals surface area contributed by atoms with Gasteiger partial charge in [-0.2, -0.15) is 4.98 Å². The maximum atomic E-state index is 13.4. The Labute approximate surface area is 160 Å². The van der Waals surface area contributed by atoms with E-state index < -0.39 is 0 Å². The molecular formula is C19H19ClFN3OS. The third-order valence-electron chi connectivity index (χ3n) is 4.53. The van der Waals surface area contributed by atoms with E-state index in [0.29, 0.717) is 0 Å². The van der Waals surface area contributed by atoms with Gasteiger partial charge in [0.15, 0.2) is 0 Å². The molecule has 0 aliphatic carbocycles. The highest BCUT2D eigenvalue weighted by Crippen LogP contribution is 2.42. The number of aromatic nitrogens is 2. The Morgan fingerprint density at radius 2 is 1.81 bits per heavy atom. The topological polar surface area (TPSA) is 38.2 Å². The Kier molecular flexibility index (Phi) is 4.59. The van der Waals surface area contributed by atoms with Crippen LogP contribution < -0.4 is 4.90 Å². The summed E-state index contributed by atoms with van der Waals surface area (Å²) in [5.74, 6) is 0.576. The lowest BCUT2D eigenvalue weighted by molar-refractivity contribution is -0.00537. The highest BCUT2D eigenvalue weighted by atomic mass is 35.5. The van der Waals surface area contributed by atoms with Crippen LogP contribution in [-0.4, -0.2) is 35.3 Å². The van der Waals surface area contributed by atoms with E-state index >= 15 is 0 Å². The Hall–Kier alpha value is -1.76. The zero-order chi connectivity index (χ0) is 18.4. The van der Waals surface area contributed by atoms with E-state index in [1.165, 1.54) is 12.1 Å². The molecule has 1 aromatic carbocycles. The Bertz CT molecular complexity index is 950. The van der Waals surface area contributed by atoms with Gasteiger partial charge in [-0.15, -0.1) is 11.3 Å². The monoisotopic (exact) mass is 391 g/mol. The van der Waals surface area contributed by atoms with Gasteiger partial charge < -0.3 is 9.64 Å². The van der Waals surface area contributed by atoms with E-state index in [2.05, 4.69) is 28.7 Å². The molecule has 3 aromatic rings. The van der Waals surface area contributed by atoms with Crippen LogP contribution in [0.3, 0.4) is 0 Å². The molecule has 7 heteroatoms. The van der Waals surface area contributed by atoms with Crippen LogP contribution >= 0.6 is 22.9 Å². The fraction of sp³-hybridized carbons (Fsp3) is 0.368. The van der Waals surface area contributed by atoms with Crippen LogP contribution in [0.1, 0.15) is 18.7 Å². The number of hydrogen-bond acceptors (Lipinski definition) is 5. The van der Waals surface area contributed by atoms with Gasteiger partial charge in [-0.25, -0.2) is 9.37 Å². The molecule has 4 nitrogen and oxygen atoms in total. The fourth-order valence-electron chi connectivity index (χ4n) is 3.61. The molecule has 2 unspecified atom stereocenters. The zero-order valence-electron chi connectivity index (χ0n) is 14.8. The third-order valence-corrected chi connectivity index (χ3v) is 5.70. The van der Waals surface area contributed by atoms with E-state index in [1.807, 2.05) is 6.92 Å². The second-order valence-electron chi connectivity index (χ2n) is 6.70. The first-order valence-electron chi connectivity index (χ1n) is 8.55. The second-order valence-corrected chi connectivity index (χ2v) is 8.24. The number of hydrogen-bond donors (Lipinski definition) is 0. The first-order valence-corrected chi connectivity index (χ1v) is 9.75. The van der Waals surface area contributed by atoms with Crippen molar-refractivity contribution in [3.63, 3.8) is 0 Å². The molecule has 0 saturated carbocycles. The van der Waals surface area contributed by atoms with Crippen LogP contribution in [0.5, 0.6) is 0 Å². The van der Waals surface area contributed by atoms with Crippen molar-refractivity contribution in [2.75, 3.05) is 18.0 Å². The summed E-state index contributed by atoms with van der Waals surface area (Å²) >= 11 is 7.81. The average Bonchev–Trinajstić information content (AvgIpc) is 2.89. The minimum Gasteiger partial charge on any atom is -0.372 e. The van der Waals surface area contributed by atoms with E-state index in [-0.39, 0.29) is 23.3 Å². The third kappa shape index (κ3) is 3.17. The average molecular weight is 392 g/mol. The van der Waals surface area contributed by atoms with Gasteiger partial charge in [0, 0.05) is 23.5 Å². The number of rotatable bonds is 2. The summed E-state index contributed by atoms with van der Waals surface area (Å²) in [7, 11) is 0. The van der Waals surface area contributed by atoms with Crippen molar-refractivity contribution >= 4 is 39.0 Å². The van der Waals surface area contributed by atoms with Crippen LogP contribution in [0.15, 0.2) is 24.3 Å². The van der Waals surface area contributed by atoms with E-state index in [9.17, 15) is 4.39 Å². The molecule has 1 fully saturated rings. The minimum absolute atomic E-state index is 0.108. The Morgan fingerprint density at radius 3 is 2.46 bits per heavy atom. The molecular weight excluding hydrogens is 373 g/mol. The van der Waals surface area contributed by atoms with E-state index in [4.69, 9.17) is 16.3 Å². The number of morpholine rings is 1. The van der Waals surface area contributed by atoms with Gasteiger partial charge in [-0.3, -0.25) is 0 Å². The quantitative estimate of drug-likeness (QED) is 0.571. The van der Waals surface area contributed by atoms with Crippen molar-refractivity contribution in [2.24, 2.45) is 0 Å². The normalized spacial score (nSPS) is 20.7. The lowest BCUT2D eigenvalue weighted by Gasteiger charge is -2.36. The molecule has 2 atom stereocenters.